The van der Waals surface area contributed by atoms with E-state index < -0.39 is 5.60 Å². The van der Waals surface area contributed by atoms with Crippen LogP contribution in [0.4, 0.5) is 0 Å². The second-order valence-corrected chi connectivity index (χ2v) is 3.73. The highest BCUT2D eigenvalue weighted by molar-refractivity contribution is 8.04. The Morgan fingerprint density at radius 2 is 2.18 bits per heavy atom. The lowest BCUT2D eigenvalue weighted by molar-refractivity contribution is -0.151. The number of ether oxygens (including phenoxy) is 1. The topological polar surface area (TPSA) is 50.1 Å². The normalized spacial score (nSPS) is 10.4. The molecule has 0 aromatic carbocycles. The summed E-state index contributed by atoms with van der Waals surface area (Å²) in [5.74, 6) is -0.239. The summed E-state index contributed by atoms with van der Waals surface area (Å²) in [4.78, 5) is 10.8. The van der Waals surface area contributed by atoms with Crippen LogP contribution in [0.25, 0.3) is 0 Å². The van der Waals surface area contributed by atoms with Gasteiger partial charge in [-0.05, 0) is 32.5 Å². The third-order valence-corrected chi connectivity index (χ3v) is 1.18. The molecule has 0 saturated carbocycles. The summed E-state index contributed by atoms with van der Waals surface area (Å²) in [5, 5.41) is 9.92. The lowest BCUT2D eigenvalue weighted by atomic mass is 10.2. The Morgan fingerprint density at radius 1 is 1.64 bits per heavy atom. The molecule has 0 aromatic heterocycles. The van der Waals surface area contributed by atoms with E-state index >= 15 is 0 Å². The first-order valence-corrected chi connectivity index (χ1v) is 4.17. The lowest BCUT2D eigenvalue weighted by Gasteiger charge is -2.18. The van der Waals surface area contributed by atoms with Crippen molar-refractivity contribution in [1.29, 1.82) is 5.26 Å². The third-order valence-electron chi connectivity index (χ3n) is 0.675. The van der Waals surface area contributed by atoms with Crippen LogP contribution >= 0.6 is 11.8 Å². The van der Waals surface area contributed by atoms with Gasteiger partial charge in [-0.3, -0.25) is 4.79 Å². The quantitative estimate of drug-likeness (QED) is 0.469. The minimum atomic E-state index is -0.451. The molecule has 0 saturated heterocycles. The molecule has 3 nitrogen and oxygen atoms in total. The Labute approximate surface area is 70.7 Å². The zero-order valence-electron chi connectivity index (χ0n) is 6.88. The Morgan fingerprint density at radius 3 is 2.55 bits per heavy atom. The minimum absolute atomic E-state index is 0.105. The zero-order valence-corrected chi connectivity index (χ0v) is 7.70. The molecule has 0 rings (SSSR count). The van der Waals surface area contributed by atoms with Gasteiger partial charge in [0.05, 0.1) is 0 Å². The Bertz CT molecular complexity index is 178. The number of hydrogen-bond donors (Lipinski definition) is 0. The van der Waals surface area contributed by atoms with Gasteiger partial charge in [0.2, 0.25) is 0 Å². The first kappa shape index (κ1) is 10.3. The van der Waals surface area contributed by atoms with Crippen LogP contribution in [-0.2, 0) is 9.53 Å². The van der Waals surface area contributed by atoms with Gasteiger partial charge in [-0.1, -0.05) is 0 Å². The monoisotopic (exact) mass is 173 g/mol. The number of esters is 1. The summed E-state index contributed by atoms with van der Waals surface area (Å²) >= 11 is 0.888. The summed E-state index contributed by atoms with van der Waals surface area (Å²) in [7, 11) is 0. The molecule has 0 fully saturated rings. The van der Waals surface area contributed by atoms with Crippen molar-refractivity contribution in [3.8, 4) is 5.40 Å². The van der Waals surface area contributed by atoms with Gasteiger partial charge in [-0.2, -0.15) is 5.26 Å². The number of carbonyl (C=O) groups is 1. The van der Waals surface area contributed by atoms with Crippen molar-refractivity contribution in [3.05, 3.63) is 0 Å². The molecule has 0 aromatic rings. The number of hydrogen-bond acceptors (Lipinski definition) is 4. The van der Waals surface area contributed by atoms with Gasteiger partial charge in [-0.25, -0.2) is 0 Å². The maximum absolute atomic E-state index is 10.8. The second kappa shape index (κ2) is 4.24. The molecule has 11 heavy (non-hydrogen) atoms. The predicted octanol–water partition coefficient (Wildman–Crippen LogP) is 1.54. The summed E-state index contributed by atoms with van der Waals surface area (Å²) in [5.41, 5.74) is -0.451. The molecule has 0 heterocycles. The van der Waals surface area contributed by atoms with Crippen LogP contribution in [0.2, 0.25) is 0 Å². The maximum atomic E-state index is 10.8. The number of nitrogens with zero attached hydrogens (tertiary/aromatic N) is 1. The van der Waals surface area contributed by atoms with Gasteiger partial charge in [0.25, 0.3) is 0 Å². The van der Waals surface area contributed by atoms with Gasteiger partial charge >= 0.3 is 5.97 Å². The number of rotatable bonds is 2. The highest BCUT2D eigenvalue weighted by Crippen LogP contribution is 2.08. The van der Waals surface area contributed by atoms with E-state index in [2.05, 4.69) is 0 Å². The molecule has 0 N–H and O–H groups in total. The second-order valence-electron chi connectivity index (χ2n) is 2.97. The molecule has 0 aliphatic carbocycles. The van der Waals surface area contributed by atoms with E-state index in [1.54, 1.807) is 26.2 Å². The smallest absolute Gasteiger partial charge is 0.317 e. The van der Waals surface area contributed by atoms with Crippen LogP contribution in [0, 0.1) is 10.7 Å². The van der Waals surface area contributed by atoms with Crippen molar-refractivity contribution in [1.82, 2.24) is 0 Å². The molecular formula is C7H11NO2S. The van der Waals surface area contributed by atoms with Gasteiger partial charge in [0, 0.05) is 0 Å². The van der Waals surface area contributed by atoms with Crippen molar-refractivity contribution in [3.63, 3.8) is 0 Å². The molecule has 0 radical (unpaired) electrons. The molecular weight excluding hydrogens is 162 g/mol. The molecule has 0 bridgehead atoms. The van der Waals surface area contributed by atoms with Crippen molar-refractivity contribution in [2.24, 2.45) is 0 Å². The fourth-order valence-corrected chi connectivity index (χ4v) is 0.703. The van der Waals surface area contributed by atoms with Gasteiger partial charge in [-0.15, -0.1) is 0 Å². The van der Waals surface area contributed by atoms with Gasteiger partial charge in [0.1, 0.15) is 16.8 Å². The van der Waals surface area contributed by atoms with E-state index in [-0.39, 0.29) is 11.7 Å². The van der Waals surface area contributed by atoms with Crippen LogP contribution in [0.15, 0.2) is 0 Å². The van der Waals surface area contributed by atoms with E-state index in [1.165, 1.54) is 0 Å². The molecule has 0 amide bonds. The van der Waals surface area contributed by atoms with E-state index in [0.29, 0.717) is 0 Å². The fourth-order valence-electron chi connectivity index (χ4n) is 0.462. The molecule has 0 spiro atoms. The number of carbonyl (C=O) groups excluding carboxylic acids is 1. The van der Waals surface area contributed by atoms with Gasteiger partial charge in [0.15, 0.2) is 0 Å². The van der Waals surface area contributed by atoms with Crippen molar-refractivity contribution in [2.75, 3.05) is 5.75 Å². The van der Waals surface area contributed by atoms with E-state index in [9.17, 15) is 4.79 Å². The van der Waals surface area contributed by atoms with Crippen LogP contribution in [0.1, 0.15) is 20.8 Å². The molecule has 0 aliphatic rings. The average molecular weight is 173 g/mol. The summed E-state index contributed by atoms with van der Waals surface area (Å²) in [6.07, 6.45) is 0. The summed E-state index contributed by atoms with van der Waals surface area (Å²) < 4.78 is 4.93. The van der Waals surface area contributed by atoms with Crippen molar-refractivity contribution < 1.29 is 9.53 Å². The largest absolute Gasteiger partial charge is 0.459 e. The van der Waals surface area contributed by atoms with Crippen molar-refractivity contribution in [2.45, 2.75) is 26.4 Å². The first-order chi connectivity index (χ1) is 4.95. The number of thiocyanates is 1. The first-order valence-electron chi connectivity index (χ1n) is 3.18. The number of nitriles is 1. The van der Waals surface area contributed by atoms with E-state index in [4.69, 9.17) is 10.00 Å². The molecule has 0 aliphatic heterocycles. The SMILES string of the molecule is CC(C)(C)OC(=O)CSC#N. The number of thioether (sulfide) groups is 1. The Hall–Kier alpha value is -0.690. The van der Waals surface area contributed by atoms with Crippen molar-refractivity contribution >= 4 is 17.7 Å². The average Bonchev–Trinajstić information content (AvgIpc) is 1.79. The molecule has 0 unspecified atom stereocenters. The zero-order chi connectivity index (χ0) is 8.91. The highest BCUT2D eigenvalue weighted by Gasteiger charge is 2.15. The maximum Gasteiger partial charge on any atom is 0.317 e. The highest BCUT2D eigenvalue weighted by atomic mass is 32.2. The lowest BCUT2D eigenvalue weighted by Crippen LogP contribution is -2.24. The van der Waals surface area contributed by atoms with Crippen LogP contribution < -0.4 is 0 Å². The Balaban J connectivity index is 3.64. The Kier molecular flexibility index (Phi) is 3.98. The van der Waals surface area contributed by atoms with Crippen LogP contribution in [-0.4, -0.2) is 17.3 Å². The standard InChI is InChI=1S/C7H11NO2S/c1-7(2,3)10-6(9)4-11-5-8/h4H2,1-3H3. The van der Waals surface area contributed by atoms with Crippen LogP contribution in [0.5, 0.6) is 0 Å². The molecule has 0 atom stereocenters. The van der Waals surface area contributed by atoms with Crippen LogP contribution in [0.3, 0.4) is 0 Å². The predicted molar refractivity (Wildman–Crippen MR) is 43.9 cm³/mol. The summed E-state index contributed by atoms with van der Waals surface area (Å²) in [6, 6.07) is 0. The molecule has 4 heteroatoms. The summed E-state index contributed by atoms with van der Waals surface area (Å²) in [6.45, 7) is 5.38. The minimum Gasteiger partial charge on any atom is -0.459 e. The third kappa shape index (κ3) is 7.20. The van der Waals surface area contributed by atoms with E-state index in [0.717, 1.165) is 11.8 Å². The van der Waals surface area contributed by atoms with Gasteiger partial charge < -0.3 is 4.74 Å². The van der Waals surface area contributed by atoms with E-state index in [1.807, 2.05) is 0 Å². The fraction of sp³-hybridized carbons (Fsp3) is 0.714. The molecule has 62 valence electrons.